The van der Waals surface area contributed by atoms with Gasteiger partial charge in [-0.05, 0) is 18.9 Å². The molecule has 0 spiro atoms. The highest BCUT2D eigenvalue weighted by molar-refractivity contribution is 6.22. The molecule has 29 heavy (non-hydrogen) atoms. The third kappa shape index (κ3) is 4.58. The molecule has 0 atom stereocenters. The number of hydrogen-bond donors (Lipinski definition) is 2. The second kappa shape index (κ2) is 8.80. The number of rotatable bonds is 7. The number of nitro groups is 1. The fourth-order valence-electron chi connectivity index (χ4n) is 3.63. The van der Waals surface area contributed by atoms with Crippen molar-refractivity contribution in [2.45, 2.75) is 32.1 Å². The van der Waals surface area contributed by atoms with Crippen LogP contribution in [0, 0.1) is 16.0 Å². The lowest BCUT2D eigenvalue weighted by molar-refractivity contribution is -0.384. The Labute approximate surface area is 166 Å². The average molecular weight is 402 g/mol. The zero-order chi connectivity index (χ0) is 21.0. The van der Waals surface area contributed by atoms with Gasteiger partial charge < -0.3 is 10.6 Å². The highest BCUT2D eigenvalue weighted by Crippen LogP contribution is 2.26. The number of nitrogens with one attached hydrogen (secondary N) is 2. The first kappa shape index (κ1) is 20.4. The first-order valence-corrected chi connectivity index (χ1v) is 9.57. The van der Waals surface area contributed by atoms with Crippen LogP contribution in [0.25, 0.3) is 0 Å². The molecular weight excluding hydrogens is 380 g/mol. The Bertz CT molecular complexity index is 862. The van der Waals surface area contributed by atoms with E-state index in [-0.39, 0.29) is 41.7 Å². The summed E-state index contributed by atoms with van der Waals surface area (Å²) in [6.07, 6.45) is 5.04. The number of non-ortho nitro benzene ring substituents is 1. The van der Waals surface area contributed by atoms with Crippen molar-refractivity contribution in [3.05, 3.63) is 39.4 Å². The molecule has 4 amide bonds. The third-order valence-electron chi connectivity index (χ3n) is 5.19. The molecule has 10 heteroatoms. The van der Waals surface area contributed by atoms with Crippen molar-refractivity contribution in [1.29, 1.82) is 0 Å². The molecule has 0 saturated heterocycles. The Morgan fingerprint density at radius 2 is 1.69 bits per heavy atom. The number of hydrogen-bond acceptors (Lipinski definition) is 6. The normalized spacial score (nSPS) is 16.5. The number of imide groups is 1. The molecule has 0 aromatic heterocycles. The largest absolute Gasteiger partial charge is 0.354 e. The van der Waals surface area contributed by atoms with Gasteiger partial charge in [-0.2, -0.15) is 0 Å². The van der Waals surface area contributed by atoms with E-state index in [0.29, 0.717) is 0 Å². The van der Waals surface area contributed by atoms with E-state index < -0.39 is 29.2 Å². The van der Waals surface area contributed by atoms with Gasteiger partial charge in [-0.3, -0.25) is 34.2 Å². The summed E-state index contributed by atoms with van der Waals surface area (Å²) in [6.45, 7) is -0.0575. The van der Waals surface area contributed by atoms with Crippen molar-refractivity contribution in [2.24, 2.45) is 5.92 Å². The monoisotopic (exact) mass is 402 g/mol. The summed E-state index contributed by atoms with van der Waals surface area (Å²) in [5.41, 5.74) is -0.352. The van der Waals surface area contributed by atoms with Crippen molar-refractivity contribution in [1.82, 2.24) is 15.5 Å². The van der Waals surface area contributed by atoms with Gasteiger partial charge in [0, 0.05) is 31.1 Å². The van der Waals surface area contributed by atoms with Crippen LogP contribution in [0.4, 0.5) is 5.69 Å². The average Bonchev–Trinajstić information content (AvgIpc) is 2.96. The predicted octanol–water partition coefficient (Wildman–Crippen LogP) is 1.00. The van der Waals surface area contributed by atoms with Gasteiger partial charge >= 0.3 is 0 Å². The minimum Gasteiger partial charge on any atom is -0.354 e. The van der Waals surface area contributed by atoms with E-state index in [2.05, 4.69) is 10.6 Å². The predicted molar refractivity (Wildman–Crippen MR) is 101 cm³/mol. The quantitative estimate of drug-likeness (QED) is 0.302. The summed E-state index contributed by atoms with van der Waals surface area (Å²) in [7, 11) is 0. The Hall–Kier alpha value is -3.30. The molecule has 1 saturated carbocycles. The van der Waals surface area contributed by atoms with Gasteiger partial charge in [0.2, 0.25) is 11.8 Å². The van der Waals surface area contributed by atoms with E-state index in [0.717, 1.165) is 49.1 Å². The van der Waals surface area contributed by atoms with E-state index in [1.165, 1.54) is 6.07 Å². The summed E-state index contributed by atoms with van der Waals surface area (Å²) >= 11 is 0. The first-order valence-electron chi connectivity index (χ1n) is 9.57. The number of fused-ring (bicyclic) bond motifs is 1. The number of carbonyl (C=O) groups is 4. The maximum atomic E-state index is 12.4. The molecule has 0 bridgehead atoms. The zero-order valence-corrected chi connectivity index (χ0v) is 15.8. The van der Waals surface area contributed by atoms with Gasteiger partial charge in [0.1, 0.15) is 6.54 Å². The zero-order valence-electron chi connectivity index (χ0n) is 15.8. The van der Waals surface area contributed by atoms with Crippen LogP contribution in [-0.4, -0.2) is 53.1 Å². The Kier molecular flexibility index (Phi) is 6.20. The molecular formula is C19H22N4O6. The van der Waals surface area contributed by atoms with Crippen LogP contribution in [0.5, 0.6) is 0 Å². The summed E-state index contributed by atoms with van der Waals surface area (Å²) < 4.78 is 0. The Morgan fingerprint density at radius 3 is 2.38 bits per heavy atom. The number of carbonyl (C=O) groups excluding carboxylic acids is 4. The highest BCUT2D eigenvalue weighted by Gasteiger charge is 2.37. The second-order valence-corrected chi connectivity index (χ2v) is 7.16. The lowest BCUT2D eigenvalue weighted by Gasteiger charge is -2.20. The van der Waals surface area contributed by atoms with E-state index >= 15 is 0 Å². The van der Waals surface area contributed by atoms with Crippen molar-refractivity contribution in [2.75, 3.05) is 19.6 Å². The molecule has 2 aliphatic rings. The van der Waals surface area contributed by atoms with Crippen LogP contribution in [0.2, 0.25) is 0 Å². The fraction of sp³-hybridized carbons (Fsp3) is 0.474. The van der Waals surface area contributed by atoms with E-state index in [9.17, 15) is 29.3 Å². The molecule has 154 valence electrons. The Morgan fingerprint density at radius 1 is 1.03 bits per heavy atom. The lowest BCUT2D eigenvalue weighted by atomic mass is 9.89. The van der Waals surface area contributed by atoms with Crippen molar-refractivity contribution in [3.63, 3.8) is 0 Å². The molecule has 0 unspecified atom stereocenters. The standard InChI is InChI=1S/C19H22N4O6/c24-16(20-8-9-21-17(25)12-4-2-1-3-5-12)11-22-18(26)14-7-6-13(23(28)29)10-15(14)19(22)27/h6-7,10,12H,1-5,8-9,11H2,(H,20,24)(H,21,25). The molecule has 10 nitrogen and oxygen atoms in total. The number of amides is 4. The number of nitro benzene ring substituents is 1. The van der Waals surface area contributed by atoms with Crippen LogP contribution in [0.1, 0.15) is 52.8 Å². The molecule has 1 aromatic carbocycles. The molecule has 1 fully saturated rings. The maximum absolute atomic E-state index is 12.4. The fourth-order valence-corrected chi connectivity index (χ4v) is 3.63. The van der Waals surface area contributed by atoms with E-state index in [4.69, 9.17) is 0 Å². The van der Waals surface area contributed by atoms with Gasteiger partial charge in [-0.15, -0.1) is 0 Å². The minimum absolute atomic E-state index is 0.0131. The van der Waals surface area contributed by atoms with Crippen molar-refractivity contribution in [3.8, 4) is 0 Å². The van der Waals surface area contributed by atoms with Gasteiger partial charge in [0.15, 0.2) is 0 Å². The van der Waals surface area contributed by atoms with Crippen LogP contribution >= 0.6 is 0 Å². The van der Waals surface area contributed by atoms with Gasteiger partial charge in [0.25, 0.3) is 17.5 Å². The molecule has 1 heterocycles. The SMILES string of the molecule is O=C(CN1C(=O)c2ccc([N+](=O)[O-])cc2C1=O)NCCNC(=O)C1CCCCC1. The highest BCUT2D eigenvalue weighted by atomic mass is 16.6. The molecule has 1 aromatic rings. The van der Waals surface area contributed by atoms with Crippen molar-refractivity contribution < 1.29 is 24.1 Å². The van der Waals surface area contributed by atoms with Crippen LogP contribution in [0.3, 0.4) is 0 Å². The van der Waals surface area contributed by atoms with Gasteiger partial charge in [-0.25, -0.2) is 0 Å². The smallest absolute Gasteiger partial charge is 0.270 e. The maximum Gasteiger partial charge on any atom is 0.270 e. The summed E-state index contributed by atoms with van der Waals surface area (Å²) in [5.74, 6) is -1.95. The molecule has 1 aliphatic heterocycles. The molecule has 0 radical (unpaired) electrons. The lowest BCUT2D eigenvalue weighted by Crippen LogP contribution is -2.43. The Balaban J connectivity index is 1.47. The van der Waals surface area contributed by atoms with Crippen LogP contribution in [-0.2, 0) is 9.59 Å². The summed E-state index contributed by atoms with van der Waals surface area (Å²) in [5, 5.41) is 16.2. The second-order valence-electron chi connectivity index (χ2n) is 7.16. The minimum atomic E-state index is -0.741. The first-order chi connectivity index (χ1) is 13.9. The molecule has 3 rings (SSSR count). The topological polar surface area (TPSA) is 139 Å². The van der Waals surface area contributed by atoms with E-state index in [1.807, 2.05) is 0 Å². The number of benzene rings is 1. The van der Waals surface area contributed by atoms with Crippen LogP contribution < -0.4 is 10.6 Å². The van der Waals surface area contributed by atoms with Crippen molar-refractivity contribution >= 4 is 29.3 Å². The van der Waals surface area contributed by atoms with Gasteiger partial charge in [-0.1, -0.05) is 19.3 Å². The third-order valence-corrected chi connectivity index (χ3v) is 5.19. The molecule has 1 aliphatic carbocycles. The van der Waals surface area contributed by atoms with Crippen LogP contribution in [0.15, 0.2) is 18.2 Å². The van der Waals surface area contributed by atoms with Gasteiger partial charge in [0.05, 0.1) is 16.1 Å². The number of nitrogens with zero attached hydrogens (tertiary/aromatic N) is 2. The molecule has 2 N–H and O–H groups in total. The van der Waals surface area contributed by atoms with E-state index in [1.54, 1.807) is 0 Å². The summed E-state index contributed by atoms with van der Waals surface area (Å²) in [6, 6.07) is 3.39. The summed E-state index contributed by atoms with van der Waals surface area (Å²) in [4.78, 5) is 59.7.